The van der Waals surface area contributed by atoms with Gasteiger partial charge in [-0.2, -0.15) is 0 Å². The fourth-order valence-electron chi connectivity index (χ4n) is 2.69. The van der Waals surface area contributed by atoms with Crippen LogP contribution in [0, 0.1) is 0 Å². The third-order valence-corrected chi connectivity index (χ3v) is 4.87. The largest absolute Gasteiger partial charge is 0.352 e. The number of nitrogens with zero attached hydrogens (tertiary/aromatic N) is 1. The highest BCUT2D eigenvalue weighted by atomic mass is 35.5. The molecule has 0 spiro atoms. The van der Waals surface area contributed by atoms with Crippen molar-refractivity contribution >= 4 is 35.0 Å². The third-order valence-electron chi connectivity index (χ3n) is 4.13. The van der Waals surface area contributed by atoms with Gasteiger partial charge in [-0.15, -0.1) is 0 Å². The Morgan fingerprint density at radius 3 is 2.22 bits per heavy atom. The number of carbonyl (C=O) groups is 2. The minimum Gasteiger partial charge on any atom is -0.352 e. The molecule has 0 aliphatic heterocycles. The molecule has 0 radical (unpaired) electrons. The van der Waals surface area contributed by atoms with Crippen LogP contribution < -0.4 is 5.32 Å². The van der Waals surface area contributed by atoms with Gasteiger partial charge in [-0.05, 0) is 44.0 Å². The first-order valence-electron chi connectivity index (χ1n) is 8.85. The predicted octanol–water partition coefficient (Wildman–Crippen LogP) is 4.48. The van der Waals surface area contributed by atoms with Gasteiger partial charge in [-0.25, -0.2) is 0 Å². The van der Waals surface area contributed by atoms with Gasteiger partial charge < -0.3 is 10.2 Å². The number of hydrogen-bond acceptors (Lipinski definition) is 2. The van der Waals surface area contributed by atoms with E-state index in [4.69, 9.17) is 23.2 Å². The Kier molecular flexibility index (Phi) is 7.69. The molecule has 0 fully saturated rings. The minimum atomic E-state index is -0.613. The highest BCUT2D eigenvalue weighted by Gasteiger charge is 2.26. The van der Waals surface area contributed by atoms with Crippen LogP contribution in [0.25, 0.3) is 0 Å². The van der Waals surface area contributed by atoms with E-state index in [9.17, 15) is 9.59 Å². The topological polar surface area (TPSA) is 49.4 Å². The van der Waals surface area contributed by atoms with Crippen LogP contribution in [0.4, 0.5) is 0 Å². The Balaban J connectivity index is 2.24. The van der Waals surface area contributed by atoms with Gasteiger partial charge in [0.25, 0.3) is 0 Å². The molecular formula is C21H24Cl2N2O2. The molecule has 1 unspecified atom stereocenters. The van der Waals surface area contributed by atoms with E-state index in [2.05, 4.69) is 5.32 Å². The van der Waals surface area contributed by atoms with Crippen molar-refractivity contribution < 1.29 is 9.59 Å². The van der Waals surface area contributed by atoms with Crippen molar-refractivity contribution in [2.45, 2.75) is 45.8 Å². The standard InChI is InChI=1S/C21H24Cl2N2O2/c1-14(2)24-21(27)15(3)25(13-17-9-10-18(22)19(23)11-17)20(26)12-16-7-5-4-6-8-16/h4-11,14-15H,12-13H2,1-3H3,(H,24,27). The summed E-state index contributed by atoms with van der Waals surface area (Å²) in [6.07, 6.45) is 0.224. The van der Waals surface area contributed by atoms with E-state index >= 15 is 0 Å². The van der Waals surface area contributed by atoms with Gasteiger partial charge in [0.05, 0.1) is 16.5 Å². The summed E-state index contributed by atoms with van der Waals surface area (Å²) in [5.41, 5.74) is 1.72. The van der Waals surface area contributed by atoms with Crippen molar-refractivity contribution in [1.82, 2.24) is 10.2 Å². The van der Waals surface area contributed by atoms with Crippen molar-refractivity contribution in [3.05, 3.63) is 69.7 Å². The lowest BCUT2D eigenvalue weighted by molar-refractivity contribution is -0.140. The summed E-state index contributed by atoms with van der Waals surface area (Å²) in [6.45, 7) is 5.78. The van der Waals surface area contributed by atoms with Crippen molar-refractivity contribution in [3.8, 4) is 0 Å². The molecule has 2 rings (SSSR count). The summed E-state index contributed by atoms with van der Waals surface area (Å²) in [6, 6.07) is 14.1. The van der Waals surface area contributed by atoms with Crippen LogP contribution in [-0.4, -0.2) is 28.8 Å². The number of hydrogen-bond donors (Lipinski definition) is 1. The van der Waals surface area contributed by atoms with Crippen LogP contribution in [-0.2, 0) is 22.6 Å². The first-order valence-corrected chi connectivity index (χ1v) is 9.61. The highest BCUT2D eigenvalue weighted by Crippen LogP contribution is 2.24. The maximum atomic E-state index is 13.0. The zero-order valence-electron chi connectivity index (χ0n) is 15.7. The number of benzene rings is 2. The molecule has 2 aromatic rings. The zero-order valence-corrected chi connectivity index (χ0v) is 17.2. The molecule has 0 aliphatic rings. The Morgan fingerprint density at radius 2 is 1.63 bits per heavy atom. The van der Waals surface area contributed by atoms with Crippen LogP contribution in [0.3, 0.4) is 0 Å². The summed E-state index contributed by atoms with van der Waals surface area (Å²) >= 11 is 12.1. The Morgan fingerprint density at radius 1 is 0.963 bits per heavy atom. The Labute approximate surface area is 170 Å². The molecule has 1 N–H and O–H groups in total. The zero-order chi connectivity index (χ0) is 20.0. The predicted molar refractivity (Wildman–Crippen MR) is 110 cm³/mol. The van der Waals surface area contributed by atoms with E-state index in [-0.39, 0.29) is 30.8 Å². The molecule has 0 heterocycles. The summed E-state index contributed by atoms with van der Waals surface area (Å²) in [5.74, 6) is -0.315. The molecule has 0 saturated heterocycles. The van der Waals surface area contributed by atoms with Gasteiger partial charge in [0, 0.05) is 12.6 Å². The summed E-state index contributed by atoms with van der Waals surface area (Å²) < 4.78 is 0. The number of rotatable bonds is 7. The third kappa shape index (κ3) is 6.26. The fraction of sp³-hybridized carbons (Fsp3) is 0.333. The second-order valence-electron chi connectivity index (χ2n) is 6.77. The molecule has 0 aromatic heterocycles. The van der Waals surface area contributed by atoms with Crippen LogP contribution in [0.15, 0.2) is 48.5 Å². The average Bonchev–Trinajstić information content (AvgIpc) is 2.62. The molecule has 0 aliphatic carbocycles. The molecule has 0 saturated carbocycles. The molecule has 0 bridgehead atoms. The van der Waals surface area contributed by atoms with E-state index in [1.807, 2.05) is 50.2 Å². The quantitative estimate of drug-likeness (QED) is 0.736. The van der Waals surface area contributed by atoms with Crippen molar-refractivity contribution in [1.29, 1.82) is 0 Å². The molecule has 27 heavy (non-hydrogen) atoms. The van der Waals surface area contributed by atoms with Crippen molar-refractivity contribution in [2.75, 3.05) is 0 Å². The molecule has 6 heteroatoms. The highest BCUT2D eigenvalue weighted by molar-refractivity contribution is 6.42. The minimum absolute atomic E-state index is 0.00370. The smallest absolute Gasteiger partial charge is 0.242 e. The van der Waals surface area contributed by atoms with E-state index < -0.39 is 6.04 Å². The Bertz CT molecular complexity index is 794. The number of amides is 2. The fourth-order valence-corrected chi connectivity index (χ4v) is 3.02. The maximum absolute atomic E-state index is 13.0. The van der Waals surface area contributed by atoms with E-state index in [0.717, 1.165) is 11.1 Å². The van der Waals surface area contributed by atoms with E-state index in [1.165, 1.54) is 0 Å². The molecule has 144 valence electrons. The maximum Gasteiger partial charge on any atom is 0.242 e. The van der Waals surface area contributed by atoms with E-state index in [0.29, 0.717) is 10.0 Å². The second kappa shape index (κ2) is 9.77. The van der Waals surface area contributed by atoms with Crippen LogP contribution >= 0.6 is 23.2 Å². The van der Waals surface area contributed by atoms with Crippen LogP contribution in [0.2, 0.25) is 10.0 Å². The Hall–Kier alpha value is -2.04. The summed E-state index contributed by atoms with van der Waals surface area (Å²) in [7, 11) is 0. The lowest BCUT2D eigenvalue weighted by Crippen LogP contribution is -2.49. The second-order valence-corrected chi connectivity index (χ2v) is 7.59. The van der Waals surface area contributed by atoms with Gasteiger partial charge in [-0.1, -0.05) is 59.6 Å². The van der Waals surface area contributed by atoms with Crippen LogP contribution in [0.1, 0.15) is 31.9 Å². The van der Waals surface area contributed by atoms with Crippen LogP contribution in [0.5, 0.6) is 0 Å². The van der Waals surface area contributed by atoms with Crippen molar-refractivity contribution in [2.24, 2.45) is 0 Å². The molecule has 2 amide bonds. The first kappa shape index (κ1) is 21.3. The van der Waals surface area contributed by atoms with Gasteiger partial charge in [0.2, 0.25) is 11.8 Å². The molecule has 2 aromatic carbocycles. The van der Waals surface area contributed by atoms with Gasteiger partial charge in [0.1, 0.15) is 6.04 Å². The average molecular weight is 407 g/mol. The van der Waals surface area contributed by atoms with E-state index in [1.54, 1.807) is 24.0 Å². The normalized spacial score (nSPS) is 11.9. The number of nitrogens with one attached hydrogen (secondary N) is 1. The summed E-state index contributed by atoms with van der Waals surface area (Å²) in [5, 5.41) is 3.74. The molecular weight excluding hydrogens is 383 g/mol. The number of carbonyl (C=O) groups excluding carboxylic acids is 2. The summed E-state index contributed by atoms with van der Waals surface area (Å²) in [4.78, 5) is 27.1. The monoisotopic (exact) mass is 406 g/mol. The molecule has 4 nitrogen and oxygen atoms in total. The lowest BCUT2D eigenvalue weighted by Gasteiger charge is -2.29. The van der Waals surface area contributed by atoms with Crippen molar-refractivity contribution in [3.63, 3.8) is 0 Å². The SMILES string of the molecule is CC(C)NC(=O)C(C)N(Cc1ccc(Cl)c(Cl)c1)C(=O)Cc1ccccc1. The lowest BCUT2D eigenvalue weighted by atomic mass is 10.1. The number of halogens is 2. The van der Waals surface area contributed by atoms with Gasteiger partial charge in [-0.3, -0.25) is 9.59 Å². The molecule has 1 atom stereocenters. The van der Waals surface area contributed by atoms with Gasteiger partial charge in [0.15, 0.2) is 0 Å². The first-order chi connectivity index (χ1) is 12.8. The van der Waals surface area contributed by atoms with Gasteiger partial charge >= 0.3 is 0 Å².